The van der Waals surface area contributed by atoms with Crippen molar-refractivity contribution < 1.29 is 4.79 Å². The molecule has 0 aliphatic heterocycles. The van der Waals surface area contributed by atoms with E-state index in [0.717, 1.165) is 11.3 Å². The zero-order valence-corrected chi connectivity index (χ0v) is 6.37. The van der Waals surface area contributed by atoms with Crippen LogP contribution in [0, 0.1) is 0 Å². The number of urea groups is 1. The Morgan fingerprint density at radius 3 is 3.00 bits per heavy atom. The summed E-state index contributed by atoms with van der Waals surface area (Å²) < 4.78 is 0.517. The molecule has 0 unspecified atom stereocenters. The molecule has 0 aliphatic rings. The van der Waals surface area contributed by atoms with E-state index in [9.17, 15) is 4.79 Å². The molecule has 0 saturated heterocycles. The summed E-state index contributed by atoms with van der Waals surface area (Å²) >= 11 is 6.67. The summed E-state index contributed by atoms with van der Waals surface area (Å²) in [5.74, 6) is 0. The number of amides is 2. The van der Waals surface area contributed by atoms with E-state index >= 15 is 0 Å². The molecule has 0 spiro atoms. The van der Waals surface area contributed by atoms with E-state index in [1.165, 1.54) is 6.20 Å². The van der Waals surface area contributed by atoms with Gasteiger partial charge in [-0.05, 0) is 0 Å². The van der Waals surface area contributed by atoms with Crippen LogP contribution >= 0.6 is 22.9 Å². The lowest BCUT2D eigenvalue weighted by atomic mass is 10.9. The van der Waals surface area contributed by atoms with Gasteiger partial charge in [0, 0.05) is 0 Å². The number of halogens is 1. The highest BCUT2D eigenvalue weighted by Gasteiger charge is 1.99. The Labute approximate surface area is 66.0 Å². The highest BCUT2D eigenvalue weighted by molar-refractivity contribution is 7.19. The van der Waals surface area contributed by atoms with Crippen LogP contribution in [0.2, 0.25) is 4.34 Å². The molecule has 0 saturated carbocycles. The van der Waals surface area contributed by atoms with Crippen LogP contribution in [0.4, 0.5) is 9.93 Å². The Kier molecular flexibility index (Phi) is 2.08. The lowest BCUT2D eigenvalue weighted by Crippen LogP contribution is -2.18. The molecule has 1 aromatic rings. The normalized spacial score (nSPS) is 9.30. The molecule has 0 atom stereocenters. The minimum Gasteiger partial charge on any atom is -0.351 e. The fourth-order valence-electron chi connectivity index (χ4n) is 0.418. The number of rotatable bonds is 1. The molecule has 1 rings (SSSR count). The van der Waals surface area contributed by atoms with Crippen LogP contribution in [0.1, 0.15) is 0 Å². The van der Waals surface area contributed by atoms with Gasteiger partial charge in [0.1, 0.15) is 4.34 Å². The number of hydrogen-bond acceptors (Lipinski definition) is 3. The zero-order valence-electron chi connectivity index (χ0n) is 4.80. The Bertz CT molecular complexity index is 248. The first-order valence-corrected chi connectivity index (χ1v) is 3.55. The fourth-order valence-corrected chi connectivity index (χ4v) is 1.23. The smallest absolute Gasteiger partial charge is 0.318 e. The second-order valence-corrected chi connectivity index (χ2v) is 3.12. The van der Waals surface area contributed by atoms with Gasteiger partial charge in [0.25, 0.3) is 0 Å². The summed E-state index contributed by atoms with van der Waals surface area (Å²) in [5.41, 5.74) is 4.81. The number of anilines is 1. The van der Waals surface area contributed by atoms with Gasteiger partial charge < -0.3 is 5.73 Å². The van der Waals surface area contributed by atoms with Crippen molar-refractivity contribution in [1.82, 2.24) is 4.98 Å². The maximum atomic E-state index is 10.2. The topological polar surface area (TPSA) is 68.0 Å². The third kappa shape index (κ3) is 1.85. The largest absolute Gasteiger partial charge is 0.351 e. The van der Waals surface area contributed by atoms with Crippen LogP contribution in [0.5, 0.6) is 0 Å². The number of nitrogens with zero attached hydrogens (tertiary/aromatic N) is 1. The SMILES string of the molecule is NC(=O)Nc1ncc(Cl)s1. The van der Waals surface area contributed by atoms with Gasteiger partial charge in [-0.3, -0.25) is 5.32 Å². The molecule has 6 heteroatoms. The molecular weight excluding hydrogens is 174 g/mol. The number of carbonyl (C=O) groups is 1. The summed E-state index contributed by atoms with van der Waals surface area (Å²) in [5, 5.41) is 2.70. The highest BCUT2D eigenvalue weighted by atomic mass is 35.5. The molecule has 1 heterocycles. The molecule has 0 fully saturated rings. The molecule has 4 nitrogen and oxygen atoms in total. The number of nitrogens with one attached hydrogen (secondary N) is 1. The second-order valence-electron chi connectivity index (χ2n) is 1.46. The molecule has 0 aromatic carbocycles. The Hall–Kier alpha value is -0.810. The number of hydrogen-bond donors (Lipinski definition) is 2. The standard InChI is InChI=1S/C4H4ClN3OS/c5-2-1-7-4(10-2)8-3(6)9/h1H,(H3,6,7,8,9). The summed E-state index contributed by atoms with van der Waals surface area (Å²) in [4.78, 5) is 13.9. The minimum absolute atomic E-state index is 0.414. The summed E-state index contributed by atoms with van der Waals surface area (Å²) in [7, 11) is 0. The van der Waals surface area contributed by atoms with Gasteiger partial charge in [-0.15, -0.1) is 0 Å². The van der Waals surface area contributed by atoms with E-state index in [1.54, 1.807) is 0 Å². The lowest BCUT2D eigenvalue weighted by molar-refractivity contribution is 0.259. The minimum atomic E-state index is -0.633. The van der Waals surface area contributed by atoms with Crippen molar-refractivity contribution in [2.24, 2.45) is 5.73 Å². The second kappa shape index (κ2) is 2.85. The third-order valence-corrected chi connectivity index (χ3v) is 1.74. The number of primary amides is 1. The number of nitrogens with two attached hydrogens (primary N) is 1. The van der Waals surface area contributed by atoms with Crippen LogP contribution in [-0.2, 0) is 0 Å². The number of aromatic nitrogens is 1. The number of thiazole rings is 1. The third-order valence-electron chi connectivity index (χ3n) is 0.708. The highest BCUT2D eigenvalue weighted by Crippen LogP contribution is 2.21. The van der Waals surface area contributed by atoms with E-state index in [2.05, 4.69) is 10.3 Å². The van der Waals surface area contributed by atoms with Gasteiger partial charge in [-0.25, -0.2) is 9.78 Å². The zero-order chi connectivity index (χ0) is 7.56. The van der Waals surface area contributed by atoms with Crippen molar-refractivity contribution in [2.45, 2.75) is 0 Å². The monoisotopic (exact) mass is 177 g/mol. The quantitative estimate of drug-likeness (QED) is 0.679. The molecule has 0 aliphatic carbocycles. The van der Waals surface area contributed by atoms with Crippen LogP contribution in [-0.4, -0.2) is 11.0 Å². The molecule has 1 aromatic heterocycles. The van der Waals surface area contributed by atoms with Crippen LogP contribution < -0.4 is 11.1 Å². The molecule has 10 heavy (non-hydrogen) atoms. The predicted octanol–water partition coefficient (Wildman–Crippen LogP) is 1.29. The van der Waals surface area contributed by atoms with Crippen LogP contribution in [0.25, 0.3) is 0 Å². The van der Waals surface area contributed by atoms with Gasteiger partial charge in [0.05, 0.1) is 6.20 Å². The maximum Gasteiger partial charge on any atom is 0.318 e. The first kappa shape index (κ1) is 7.30. The molecule has 0 radical (unpaired) electrons. The van der Waals surface area contributed by atoms with Crippen molar-refractivity contribution in [1.29, 1.82) is 0 Å². The van der Waals surface area contributed by atoms with E-state index in [1.807, 2.05) is 0 Å². The molecule has 54 valence electrons. The van der Waals surface area contributed by atoms with Crippen molar-refractivity contribution in [3.8, 4) is 0 Å². The Balaban J connectivity index is 2.67. The molecule has 3 N–H and O–H groups in total. The van der Waals surface area contributed by atoms with E-state index in [0.29, 0.717) is 9.47 Å². The summed E-state index contributed by atoms with van der Waals surface area (Å²) in [6.07, 6.45) is 1.44. The first-order valence-electron chi connectivity index (χ1n) is 2.36. The molecular formula is C4H4ClN3OS. The summed E-state index contributed by atoms with van der Waals surface area (Å²) in [6, 6.07) is -0.633. The van der Waals surface area contributed by atoms with Crippen molar-refractivity contribution >= 4 is 34.1 Å². The van der Waals surface area contributed by atoms with E-state index in [-0.39, 0.29) is 0 Å². The Morgan fingerprint density at radius 1 is 1.90 bits per heavy atom. The van der Waals surface area contributed by atoms with Gasteiger partial charge in [-0.2, -0.15) is 0 Å². The Morgan fingerprint density at radius 2 is 2.60 bits per heavy atom. The van der Waals surface area contributed by atoms with E-state index < -0.39 is 6.03 Å². The van der Waals surface area contributed by atoms with Crippen molar-refractivity contribution in [2.75, 3.05) is 5.32 Å². The van der Waals surface area contributed by atoms with E-state index in [4.69, 9.17) is 17.3 Å². The first-order chi connectivity index (χ1) is 4.68. The fraction of sp³-hybridized carbons (Fsp3) is 0. The van der Waals surface area contributed by atoms with Gasteiger partial charge in [0.15, 0.2) is 5.13 Å². The molecule has 0 bridgehead atoms. The lowest BCUT2D eigenvalue weighted by Gasteiger charge is -1.90. The number of carbonyl (C=O) groups excluding carboxylic acids is 1. The average molecular weight is 178 g/mol. The summed E-state index contributed by atoms with van der Waals surface area (Å²) in [6.45, 7) is 0. The van der Waals surface area contributed by atoms with Crippen molar-refractivity contribution in [3.63, 3.8) is 0 Å². The van der Waals surface area contributed by atoms with Gasteiger partial charge >= 0.3 is 6.03 Å². The predicted molar refractivity (Wildman–Crippen MR) is 40.3 cm³/mol. The van der Waals surface area contributed by atoms with Gasteiger partial charge in [-0.1, -0.05) is 22.9 Å². The van der Waals surface area contributed by atoms with Crippen LogP contribution in [0.3, 0.4) is 0 Å². The average Bonchev–Trinajstić information content (AvgIpc) is 2.13. The van der Waals surface area contributed by atoms with Crippen molar-refractivity contribution in [3.05, 3.63) is 10.5 Å². The van der Waals surface area contributed by atoms with Gasteiger partial charge in [0.2, 0.25) is 0 Å². The maximum absolute atomic E-state index is 10.2. The van der Waals surface area contributed by atoms with Crippen LogP contribution in [0.15, 0.2) is 6.20 Å². The molecule has 2 amide bonds.